The Kier molecular flexibility index (Phi) is 2.28. The smallest absolute Gasteiger partial charge is 0.254 e. The molecule has 0 saturated carbocycles. The summed E-state index contributed by atoms with van der Waals surface area (Å²) >= 11 is 0. The first-order valence-corrected chi connectivity index (χ1v) is 5.16. The summed E-state index contributed by atoms with van der Waals surface area (Å²) < 4.78 is 5.52. The molecule has 2 fully saturated rings. The average Bonchev–Trinajstić information content (AvgIpc) is 2.73. The molecule has 0 aromatic rings. The monoisotopic (exact) mass is 183 g/mol. The van der Waals surface area contributed by atoms with Crippen molar-refractivity contribution < 1.29 is 9.53 Å². The molecule has 0 N–H and O–H groups in total. The van der Waals surface area contributed by atoms with E-state index in [4.69, 9.17) is 4.74 Å². The summed E-state index contributed by atoms with van der Waals surface area (Å²) in [6.45, 7) is 4.53. The van der Waals surface area contributed by atoms with E-state index in [9.17, 15) is 4.79 Å². The maximum Gasteiger partial charge on any atom is 0.254 e. The normalized spacial score (nSPS) is 34.1. The molecule has 3 nitrogen and oxygen atoms in total. The van der Waals surface area contributed by atoms with Crippen LogP contribution in [0.2, 0.25) is 0 Å². The fourth-order valence-corrected chi connectivity index (χ4v) is 2.20. The van der Waals surface area contributed by atoms with Crippen molar-refractivity contribution in [3.05, 3.63) is 0 Å². The van der Waals surface area contributed by atoms with Crippen molar-refractivity contribution in [2.45, 2.75) is 38.2 Å². The maximum absolute atomic E-state index is 12.0. The number of carbonyl (C=O) groups excluding carboxylic acids is 1. The summed E-state index contributed by atoms with van der Waals surface area (Å²) in [6.07, 6.45) is 4.22. The zero-order valence-corrected chi connectivity index (χ0v) is 8.21. The molecule has 0 aromatic carbocycles. The van der Waals surface area contributed by atoms with Crippen LogP contribution >= 0.6 is 0 Å². The fraction of sp³-hybridized carbons (Fsp3) is 0.900. The molecule has 13 heavy (non-hydrogen) atoms. The van der Waals surface area contributed by atoms with E-state index in [2.05, 4.69) is 0 Å². The number of hydrogen-bond acceptors (Lipinski definition) is 2. The molecule has 0 bridgehead atoms. The van der Waals surface area contributed by atoms with Crippen LogP contribution in [0.3, 0.4) is 0 Å². The molecule has 1 atom stereocenters. The molecule has 3 heteroatoms. The van der Waals surface area contributed by atoms with E-state index in [1.807, 2.05) is 11.8 Å². The van der Waals surface area contributed by atoms with Crippen LogP contribution in [-0.2, 0) is 9.53 Å². The van der Waals surface area contributed by atoms with Crippen LogP contribution < -0.4 is 0 Å². The topological polar surface area (TPSA) is 29.5 Å². The number of carbonyl (C=O) groups is 1. The van der Waals surface area contributed by atoms with Crippen molar-refractivity contribution in [1.29, 1.82) is 0 Å². The molecule has 74 valence electrons. The number of hydrogen-bond donors (Lipinski definition) is 0. The molecule has 2 saturated heterocycles. The lowest BCUT2D eigenvalue weighted by Gasteiger charge is -2.27. The van der Waals surface area contributed by atoms with Gasteiger partial charge in [0, 0.05) is 19.7 Å². The molecule has 1 unspecified atom stereocenters. The molecule has 0 spiro atoms. The predicted molar refractivity (Wildman–Crippen MR) is 49.4 cm³/mol. The Hall–Kier alpha value is -0.570. The highest BCUT2D eigenvalue weighted by molar-refractivity contribution is 5.85. The zero-order valence-electron chi connectivity index (χ0n) is 8.21. The van der Waals surface area contributed by atoms with Crippen molar-refractivity contribution in [3.63, 3.8) is 0 Å². The van der Waals surface area contributed by atoms with Gasteiger partial charge in [-0.05, 0) is 32.6 Å². The minimum atomic E-state index is -0.496. The van der Waals surface area contributed by atoms with Crippen LogP contribution in [0.5, 0.6) is 0 Å². The van der Waals surface area contributed by atoms with Crippen molar-refractivity contribution in [2.24, 2.45) is 0 Å². The minimum Gasteiger partial charge on any atom is -0.365 e. The van der Waals surface area contributed by atoms with Gasteiger partial charge in [0.25, 0.3) is 5.91 Å². The highest BCUT2D eigenvalue weighted by Crippen LogP contribution is 2.28. The second kappa shape index (κ2) is 3.29. The van der Waals surface area contributed by atoms with Gasteiger partial charge < -0.3 is 9.64 Å². The van der Waals surface area contributed by atoms with Gasteiger partial charge in [0.2, 0.25) is 0 Å². The van der Waals surface area contributed by atoms with Gasteiger partial charge in [-0.25, -0.2) is 0 Å². The quantitative estimate of drug-likeness (QED) is 0.611. The van der Waals surface area contributed by atoms with Gasteiger partial charge >= 0.3 is 0 Å². The predicted octanol–water partition coefficient (Wildman–Crippen LogP) is 1.18. The Bertz CT molecular complexity index is 203. The first-order valence-electron chi connectivity index (χ1n) is 5.16. The van der Waals surface area contributed by atoms with Crippen molar-refractivity contribution in [2.75, 3.05) is 19.7 Å². The molecular weight excluding hydrogens is 166 g/mol. The Morgan fingerprint density at radius 1 is 1.31 bits per heavy atom. The highest BCUT2D eigenvalue weighted by Gasteiger charge is 2.41. The third-order valence-corrected chi connectivity index (χ3v) is 3.06. The summed E-state index contributed by atoms with van der Waals surface area (Å²) in [7, 11) is 0. The van der Waals surface area contributed by atoms with E-state index in [-0.39, 0.29) is 5.91 Å². The SMILES string of the molecule is CC1(C(=O)N2CCCC2)CCCO1. The first-order chi connectivity index (χ1) is 6.22. The third-order valence-electron chi connectivity index (χ3n) is 3.06. The maximum atomic E-state index is 12.0. The van der Waals surface area contributed by atoms with Gasteiger partial charge in [-0.3, -0.25) is 4.79 Å². The summed E-state index contributed by atoms with van der Waals surface area (Å²) in [5, 5.41) is 0. The second-order valence-corrected chi connectivity index (χ2v) is 4.18. The van der Waals surface area contributed by atoms with Crippen LogP contribution in [0, 0.1) is 0 Å². The number of rotatable bonds is 1. The summed E-state index contributed by atoms with van der Waals surface area (Å²) in [6, 6.07) is 0. The van der Waals surface area contributed by atoms with Gasteiger partial charge in [-0.2, -0.15) is 0 Å². The van der Waals surface area contributed by atoms with Crippen LogP contribution in [0.15, 0.2) is 0 Å². The lowest BCUT2D eigenvalue weighted by Crippen LogP contribution is -2.45. The minimum absolute atomic E-state index is 0.211. The average molecular weight is 183 g/mol. The Morgan fingerprint density at radius 2 is 2.00 bits per heavy atom. The first kappa shape index (κ1) is 9.00. The number of amides is 1. The van der Waals surface area contributed by atoms with Gasteiger partial charge in [-0.1, -0.05) is 0 Å². The van der Waals surface area contributed by atoms with E-state index >= 15 is 0 Å². The number of ether oxygens (including phenoxy) is 1. The third kappa shape index (κ3) is 1.57. The summed E-state index contributed by atoms with van der Waals surface area (Å²) in [4.78, 5) is 13.9. The Morgan fingerprint density at radius 3 is 2.54 bits per heavy atom. The Balaban J connectivity index is 2.02. The largest absolute Gasteiger partial charge is 0.365 e. The molecule has 0 aliphatic carbocycles. The molecule has 2 aliphatic rings. The summed E-state index contributed by atoms with van der Waals surface area (Å²) in [5.41, 5.74) is -0.496. The van der Waals surface area contributed by atoms with E-state index in [0.717, 1.165) is 45.4 Å². The van der Waals surface area contributed by atoms with Gasteiger partial charge in [0.1, 0.15) is 5.60 Å². The van der Waals surface area contributed by atoms with Crippen molar-refractivity contribution in [3.8, 4) is 0 Å². The standard InChI is InChI=1S/C10H17NO2/c1-10(5-4-8-13-10)9(12)11-6-2-3-7-11/h2-8H2,1H3. The van der Waals surface area contributed by atoms with Crippen molar-refractivity contribution >= 4 is 5.91 Å². The molecule has 2 rings (SSSR count). The second-order valence-electron chi connectivity index (χ2n) is 4.18. The van der Waals surface area contributed by atoms with E-state index in [0.29, 0.717) is 0 Å². The molecular formula is C10H17NO2. The van der Waals surface area contributed by atoms with Crippen LogP contribution in [-0.4, -0.2) is 36.1 Å². The fourth-order valence-electron chi connectivity index (χ4n) is 2.20. The summed E-state index contributed by atoms with van der Waals surface area (Å²) in [5.74, 6) is 0.211. The van der Waals surface area contributed by atoms with Crippen LogP contribution in [0.25, 0.3) is 0 Å². The van der Waals surface area contributed by atoms with E-state index in [1.54, 1.807) is 0 Å². The van der Waals surface area contributed by atoms with Crippen LogP contribution in [0.1, 0.15) is 32.6 Å². The van der Waals surface area contributed by atoms with E-state index < -0.39 is 5.60 Å². The van der Waals surface area contributed by atoms with Gasteiger partial charge in [0.15, 0.2) is 0 Å². The van der Waals surface area contributed by atoms with Gasteiger partial charge in [-0.15, -0.1) is 0 Å². The lowest BCUT2D eigenvalue weighted by molar-refractivity contribution is -0.149. The molecule has 0 aromatic heterocycles. The molecule has 1 amide bonds. The van der Waals surface area contributed by atoms with Gasteiger partial charge in [0.05, 0.1) is 0 Å². The molecule has 0 radical (unpaired) electrons. The van der Waals surface area contributed by atoms with Crippen molar-refractivity contribution in [1.82, 2.24) is 4.90 Å². The van der Waals surface area contributed by atoms with E-state index in [1.165, 1.54) is 0 Å². The molecule has 2 heterocycles. The highest BCUT2D eigenvalue weighted by atomic mass is 16.5. The van der Waals surface area contributed by atoms with Crippen LogP contribution in [0.4, 0.5) is 0 Å². The molecule has 2 aliphatic heterocycles. The lowest BCUT2D eigenvalue weighted by atomic mass is 10.0. The number of nitrogens with zero attached hydrogens (tertiary/aromatic N) is 1. The number of likely N-dealkylation sites (tertiary alicyclic amines) is 1. The Labute approximate surface area is 79.0 Å². The zero-order chi connectivity index (χ0) is 9.31.